The standard InChI is InChI=1S/C18H30N4O2/c1-13-7-8-14(11-15(13)24-6)9-10-21-17(20-5)22-12-18(2,3)16(23)19-4/h7-8,11H,9-10,12H2,1-6H3,(H,19,23)(H2,20,21,22). The highest BCUT2D eigenvalue weighted by atomic mass is 16.5. The zero-order valence-electron chi connectivity index (χ0n) is 15.6. The minimum Gasteiger partial charge on any atom is -0.496 e. The van der Waals surface area contributed by atoms with Crippen LogP contribution in [0.25, 0.3) is 0 Å². The number of benzene rings is 1. The molecule has 6 nitrogen and oxygen atoms in total. The molecule has 0 aliphatic carbocycles. The molecule has 0 bridgehead atoms. The van der Waals surface area contributed by atoms with Gasteiger partial charge in [-0.25, -0.2) is 0 Å². The van der Waals surface area contributed by atoms with Gasteiger partial charge in [0.1, 0.15) is 5.75 Å². The first-order valence-corrected chi connectivity index (χ1v) is 8.14. The molecule has 0 aromatic heterocycles. The fourth-order valence-corrected chi connectivity index (χ4v) is 2.29. The first kappa shape index (κ1) is 19.8. The molecule has 24 heavy (non-hydrogen) atoms. The summed E-state index contributed by atoms with van der Waals surface area (Å²) in [6.45, 7) is 7.06. The van der Waals surface area contributed by atoms with Gasteiger partial charge >= 0.3 is 0 Å². The van der Waals surface area contributed by atoms with E-state index >= 15 is 0 Å². The summed E-state index contributed by atoms with van der Waals surface area (Å²) >= 11 is 0. The Morgan fingerprint density at radius 1 is 1.29 bits per heavy atom. The number of ether oxygens (including phenoxy) is 1. The van der Waals surface area contributed by atoms with Gasteiger partial charge in [-0.3, -0.25) is 9.79 Å². The van der Waals surface area contributed by atoms with Crippen LogP contribution in [0, 0.1) is 12.3 Å². The fraction of sp³-hybridized carbons (Fsp3) is 0.556. The molecular formula is C18H30N4O2. The molecule has 0 aliphatic rings. The van der Waals surface area contributed by atoms with Gasteiger partial charge in [0.15, 0.2) is 5.96 Å². The van der Waals surface area contributed by atoms with Crippen molar-refractivity contribution >= 4 is 11.9 Å². The van der Waals surface area contributed by atoms with Gasteiger partial charge < -0.3 is 20.7 Å². The van der Waals surface area contributed by atoms with Crippen LogP contribution in [-0.4, -0.2) is 46.2 Å². The number of guanidine groups is 1. The minimum atomic E-state index is -0.503. The fourth-order valence-electron chi connectivity index (χ4n) is 2.29. The Morgan fingerprint density at radius 3 is 2.58 bits per heavy atom. The van der Waals surface area contributed by atoms with E-state index in [0.717, 1.165) is 24.3 Å². The lowest BCUT2D eigenvalue weighted by Gasteiger charge is -2.24. The normalized spacial score (nSPS) is 11.8. The van der Waals surface area contributed by atoms with E-state index in [1.807, 2.05) is 20.8 Å². The Morgan fingerprint density at radius 2 is 2.00 bits per heavy atom. The molecule has 0 saturated heterocycles. The van der Waals surface area contributed by atoms with Crippen molar-refractivity contribution in [1.29, 1.82) is 0 Å². The van der Waals surface area contributed by atoms with E-state index in [-0.39, 0.29) is 5.91 Å². The molecule has 3 N–H and O–H groups in total. The molecule has 1 aromatic rings. The molecule has 0 saturated carbocycles. The maximum atomic E-state index is 11.8. The van der Waals surface area contributed by atoms with Gasteiger partial charge in [-0.05, 0) is 44.4 Å². The van der Waals surface area contributed by atoms with Crippen molar-refractivity contribution in [2.24, 2.45) is 10.4 Å². The quantitative estimate of drug-likeness (QED) is 0.522. The van der Waals surface area contributed by atoms with Crippen LogP contribution in [0.2, 0.25) is 0 Å². The second-order valence-corrected chi connectivity index (χ2v) is 6.37. The second kappa shape index (κ2) is 9.15. The van der Waals surface area contributed by atoms with Gasteiger partial charge in [-0.2, -0.15) is 0 Å². The third kappa shape index (κ3) is 5.76. The minimum absolute atomic E-state index is 0.00259. The maximum absolute atomic E-state index is 11.8. The Kier molecular flexibility index (Phi) is 7.55. The summed E-state index contributed by atoms with van der Waals surface area (Å²) in [7, 11) is 5.05. The van der Waals surface area contributed by atoms with E-state index in [0.29, 0.717) is 12.5 Å². The third-order valence-electron chi connectivity index (χ3n) is 3.94. The highest BCUT2D eigenvalue weighted by Crippen LogP contribution is 2.19. The van der Waals surface area contributed by atoms with Crippen molar-refractivity contribution in [3.05, 3.63) is 29.3 Å². The number of hydrogen-bond acceptors (Lipinski definition) is 3. The summed E-state index contributed by atoms with van der Waals surface area (Å²) in [5.74, 6) is 1.59. The highest BCUT2D eigenvalue weighted by Gasteiger charge is 2.26. The maximum Gasteiger partial charge on any atom is 0.227 e. The van der Waals surface area contributed by atoms with E-state index in [4.69, 9.17) is 4.74 Å². The van der Waals surface area contributed by atoms with Crippen LogP contribution in [0.5, 0.6) is 5.75 Å². The van der Waals surface area contributed by atoms with Crippen molar-refractivity contribution in [1.82, 2.24) is 16.0 Å². The summed E-state index contributed by atoms with van der Waals surface area (Å²) in [4.78, 5) is 16.0. The zero-order valence-corrected chi connectivity index (χ0v) is 15.6. The van der Waals surface area contributed by atoms with Crippen molar-refractivity contribution in [2.75, 3.05) is 34.3 Å². The lowest BCUT2D eigenvalue weighted by Crippen LogP contribution is -2.47. The third-order valence-corrected chi connectivity index (χ3v) is 3.94. The Balaban J connectivity index is 2.49. The Bertz CT molecular complexity index is 582. The average Bonchev–Trinajstić information content (AvgIpc) is 2.58. The summed E-state index contributed by atoms with van der Waals surface area (Å²) in [6.07, 6.45) is 0.857. The number of nitrogens with one attached hydrogen (secondary N) is 3. The summed E-state index contributed by atoms with van der Waals surface area (Å²) in [6, 6.07) is 6.22. The largest absolute Gasteiger partial charge is 0.496 e. The van der Waals surface area contributed by atoms with Crippen LogP contribution in [0.3, 0.4) is 0 Å². The van der Waals surface area contributed by atoms with E-state index in [9.17, 15) is 4.79 Å². The first-order valence-electron chi connectivity index (χ1n) is 8.14. The molecule has 0 atom stereocenters. The van der Waals surface area contributed by atoms with E-state index in [1.54, 1.807) is 21.2 Å². The van der Waals surface area contributed by atoms with Crippen LogP contribution < -0.4 is 20.7 Å². The van der Waals surface area contributed by atoms with Gasteiger partial charge in [0.25, 0.3) is 0 Å². The lowest BCUT2D eigenvalue weighted by atomic mass is 9.92. The van der Waals surface area contributed by atoms with Crippen LogP contribution in [0.15, 0.2) is 23.2 Å². The number of aryl methyl sites for hydroxylation is 1. The van der Waals surface area contributed by atoms with E-state index in [2.05, 4.69) is 39.1 Å². The second-order valence-electron chi connectivity index (χ2n) is 6.37. The first-order chi connectivity index (χ1) is 11.3. The van der Waals surface area contributed by atoms with Gasteiger partial charge in [0.2, 0.25) is 5.91 Å². The van der Waals surface area contributed by atoms with Crippen LogP contribution >= 0.6 is 0 Å². The van der Waals surface area contributed by atoms with Crippen LogP contribution in [-0.2, 0) is 11.2 Å². The molecule has 0 aliphatic heterocycles. The monoisotopic (exact) mass is 334 g/mol. The number of carbonyl (C=O) groups is 1. The van der Waals surface area contributed by atoms with Crippen molar-refractivity contribution in [2.45, 2.75) is 27.2 Å². The topological polar surface area (TPSA) is 74.8 Å². The molecular weight excluding hydrogens is 304 g/mol. The molecule has 1 amide bonds. The van der Waals surface area contributed by atoms with Crippen LogP contribution in [0.1, 0.15) is 25.0 Å². The predicted molar refractivity (Wildman–Crippen MR) is 98.6 cm³/mol. The highest BCUT2D eigenvalue weighted by molar-refractivity contribution is 5.84. The number of hydrogen-bond donors (Lipinski definition) is 3. The summed E-state index contributed by atoms with van der Waals surface area (Å²) in [5.41, 5.74) is 1.82. The molecule has 0 heterocycles. The zero-order chi connectivity index (χ0) is 18.2. The molecule has 1 aromatic carbocycles. The van der Waals surface area contributed by atoms with Crippen molar-refractivity contribution in [3.8, 4) is 5.75 Å². The molecule has 1 rings (SSSR count). The van der Waals surface area contributed by atoms with Gasteiger partial charge in [0.05, 0.1) is 12.5 Å². The van der Waals surface area contributed by atoms with Crippen LogP contribution in [0.4, 0.5) is 0 Å². The SMILES string of the molecule is CN=C(NCCc1ccc(C)c(OC)c1)NCC(C)(C)C(=O)NC. The molecule has 134 valence electrons. The van der Waals surface area contributed by atoms with Gasteiger partial charge in [-0.15, -0.1) is 0 Å². The smallest absolute Gasteiger partial charge is 0.227 e. The molecule has 6 heteroatoms. The van der Waals surface area contributed by atoms with Crippen molar-refractivity contribution in [3.63, 3.8) is 0 Å². The molecule has 0 fully saturated rings. The van der Waals surface area contributed by atoms with Gasteiger partial charge in [0, 0.05) is 27.2 Å². The molecule has 0 spiro atoms. The Labute approximate surface area is 145 Å². The number of amides is 1. The Hall–Kier alpha value is -2.24. The van der Waals surface area contributed by atoms with E-state index < -0.39 is 5.41 Å². The molecule has 0 radical (unpaired) electrons. The average molecular weight is 334 g/mol. The van der Waals surface area contributed by atoms with Crippen molar-refractivity contribution < 1.29 is 9.53 Å². The molecule has 0 unspecified atom stereocenters. The predicted octanol–water partition coefficient (Wildman–Crippen LogP) is 1.48. The number of carbonyl (C=O) groups excluding carboxylic acids is 1. The number of rotatable bonds is 7. The number of aliphatic imine (C=N–C) groups is 1. The van der Waals surface area contributed by atoms with E-state index in [1.165, 1.54) is 5.56 Å². The number of methoxy groups -OCH3 is 1. The summed E-state index contributed by atoms with van der Waals surface area (Å²) in [5, 5.41) is 9.14. The number of nitrogens with zero attached hydrogens (tertiary/aromatic N) is 1. The lowest BCUT2D eigenvalue weighted by molar-refractivity contribution is -0.128. The van der Waals surface area contributed by atoms with Gasteiger partial charge in [-0.1, -0.05) is 12.1 Å². The summed E-state index contributed by atoms with van der Waals surface area (Å²) < 4.78 is 5.35.